The Balaban J connectivity index is 2.61. The summed E-state index contributed by atoms with van der Waals surface area (Å²) in [6.45, 7) is 0. The smallest absolute Gasteiger partial charge is 0.271 e. The van der Waals surface area contributed by atoms with Gasteiger partial charge in [-0.2, -0.15) is 15.4 Å². The SMILES string of the molecule is NC(=O)c1n[nH]nc1-c1cc(F)c(F)c(F)c1. The van der Waals surface area contributed by atoms with Crippen LogP contribution in [-0.4, -0.2) is 21.3 Å². The van der Waals surface area contributed by atoms with Crippen LogP contribution in [0, 0.1) is 17.5 Å². The van der Waals surface area contributed by atoms with Gasteiger partial charge in [-0.25, -0.2) is 13.2 Å². The molecule has 5 nitrogen and oxygen atoms in total. The zero-order valence-corrected chi connectivity index (χ0v) is 8.17. The van der Waals surface area contributed by atoms with E-state index < -0.39 is 23.4 Å². The Morgan fingerprint density at radius 1 is 1.18 bits per heavy atom. The first-order valence-corrected chi connectivity index (χ1v) is 4.36. The number of H-pyrrole nitrogens is 1. The summed E-state index contributed by atoms with van der Waals surface area (Å²) in [6, 6.07) is 1.39. The van der Waals surface area contributed by atoms with Crippen LogP contribution in [0.25, 0.3) is 11.3 Å². The quantitative estimate of drug-likeness (QED) is 0.770. The molecule has 0 aliphatic rings. The van der Waals surface area contributed by atoms with Gasteiger partial charge < -0.3 is 5.73 Å². The number of hydrogen-bond acceptors (Lipinski definition) is 3. The van der Waals surface area contributed by atoms with Gasteiger partial charge in [-0.3, -0.25) is 4.79 Å². The topological polar surface area (TPSA) is 84.7 Å². The largest absolute Gasteiger partial charge is 0.364 e. The maximum Gasteiger partial charge on any atom is 0.271 e. The molecule has 0 bridgehead atoms. The third-order valence-electron chi connectivity index (χ3n) is 2.04. The lowest BCUT2D eigenvalue weighted by Crippen LogP contribution is -2.12. The van der Waals surface area contributed by atoms with Crippen molar-refractivity contribution in [3.8, 4) is 11.3 Å². The maximum atomic E-state index is 13.0. The lowest BCUT2D eigenvalue weighted by Gasteiger charge is -2.00. The molecule has 3 N–H and O–H groups in total. The summed E-state index contributed by atoms with van der Waals surface area (Å²) in [5.74, 6) is -5.30. The number of amides is 1. The molecule has 0 atom stereocenters. The molecule has 1 aromatic heterocycles. The molecule has 0 saturated heterocycles. The van der Waals surface area contributed by atoms with Gasteiger partial charge in [0.25, 0.3) is 5.91 Å². The number of hydrogen-bond donors (Lipinski definition) is 2. The molecule has 2 aromatic rings. The van der Waals surface area contributed by atoms with Crippen molar-refractivity contribution in [1.82, 2.24) is 15.4 Å². The normalized spacial score (nSPS) is 10.5. The number of primary amides is 1. The van der Waals surface area contributed by atoms with Crippen molar-refractivity contribution in [3.63, 3.8) is 0 Å². The first-order chi connectivity index (χ1) is 8.00. The van der Waals surface area contributed by atoms with E-state index in [1.54, 1.807) is 0 Å². The van der Waals surface area contributed by atoms with E-state index in [1.165, 1.54) is 0 Å². The number of nitrogens with one attached hydrogen (secondary N) is 1. The number of nitrogens with two attached hydrogens (primary N) is 1. The maximum absolute atomic E-state index is 13.0. The van der Waals surface area contributed by atoms with Gasteiger partial charge in [0.1, 0.15) is 5.69 Å². The molecule has 0 aliphatic heterocycles. The minimum atomic E-state index is -1.60. The van der Waals surface area contributed by atoms with E-state index in [4.69, 9.17) is 5.73 Å². The number of halogens is 3. The molecule has 88 valence electrons. The number of benzene rings is 1. The highest BCUT2D eigenvalue weighted by Gasteiger charge is 2.19. The van der Waals surface area contributed by atoms with Crippen LogP contribution < -0.4 is 5.73 Å². The van der Waals surface area contributed by atoms with Gasteiger partial charge in [0.2, 0.25) is 0 Å². The van der Waals surface area contributed by atoms with Crippen LogP contribution in [0.3, 0.4) is 0 Å². The molecule has 2 rings (SSSR count). The van der Waals surface area contributed by atoms with Crippen LogP contribution in [0.1, 0.15) is 10.5 Å². The molecule has 0 unspecified atom stereocenters. The molecule has 0 fully saturated rings. The van der Waals surface area contributed by atoms with Crippen molar-refractivity contribution < 1.29 is 18.0 Å². The van der Waals surface area contributed by atoms with E-state index in [9.17, 15) is 18.0 Å². The molecule has 17 heavy (non-hydrogen) atoms. The van der Waals surface area contributed by atoms with E-state index >= 15 is 0 Å². The highest BCUT2D eigenvalue weighted by Crippen LogP contribution is 2.23. The van der Waals surface area contributed by atoms with Crippen molar-refractivity contribution in [2.75, 3.05) is 0 Å². The van der Waals surface area contributed by atoms with Crippen molar-refractivity contribution in [1.29, 1.82) is 0 Å². The Labute approximate surface area is 92.4 Å². The highest BCUT2D eigenvalue weighted by molar-refractivity contribution is 5.96. The van der Waals surface area contributed by atoms with Crippen LogP contribution >= 0.6 is 0 Å². The molecule has 0 spiro atoms. The minimum absolute atomic E-state index is 0.135. The number of aromatic amines is 1. The van der Waals surface area contributed by atoms with Gasteiger partial charge in [-0.1, -0.05) is 0 Å². The lowest BCUT2D eigenvalue weighted by molar-refractivity contribution is 0.0996. The Bertz CT molecular complexity index is 573. The average molecular weight is 242 g/mol. The first-order valence-electron chi connectivity index (χ1n) is 4.36. The predicted molar refractivity (Wildman–Crippen MR) is 50.2 cm³/mol. The monoisotopic (exact) mass is 242 g/mol. The van der Waals surface area contributed by atoms with Crippen molar-refractivity contribution in [2.45, 2.75) is 0 Å². The second-order valence-electron chi connectivity index (χ2n) is 3.14. The van der Waals surface area contributed by atoms with Crippen molar-refractivity contribution in [3.05, 3.63) is 35.3 Å². The number of carbonyl (C=O) groups is 1. The van der Waals surface area contributed by atoms with Crippen LogP contribution in [0.4, 0.5) is 13.2 Å². The summed E-state index contributed by atoms with van der Waals surface area (Å²) in [5.41, 5.74) is 4.42. The fourth-order valence-corrected chi connectivity index (χ4v) is 1.30. The average Bonchev–Trinajstić information content (AvgIpc) is 2.74. The van der Waals surface area contributed by atoms with Gasteiger partial charge in [-0.15, -0.1) is 0 Å². The Morgan fingerprint density at radius 3 is 2.29 bits per heavy atom. The fourth-order valence-electron chi connectivity index (χ4n) is 1.30. The molecule has 1 amide bonds. The highest BCUT2D eigenvalue weighted by atomic mass is 19.2. The minimum Gasteiger partial charge on any atom is -0.364 e. The number of aromatic nitrogens is 3. The molecule has 0 aliphatic carbocycles. The Hall–Kier alpha value is -2.38. The summed E-state index contributed by atoms with van der Waals surface area (Å²) < 4.78 is 38.7. The molecular weight excluding hydrogens is 237 g/mol. The van der Waals surface area contributed by atoms with E-state index in [1.807, 2.05) is 0 Å². The summed E-state index contributed by atoms with van der Waals surface area (Å²) in [4.78, 5) is 10.9. The summed E-state index contributed by atoms with van der Waals surface area (Å²) >= 11 is 0. The van der Waals surface area contributed by atoms with Gasteiger partial charge in [-0.05, 0) is 12.1 Å². The third-order valence-corrected chi connectivity index (χ3v) is 2.04. The zero-order chi connectivity index (χ0) is 12.6. The molecule has 1 heterocycles. The second-order valence-corrected chi connectivity index (χ2v) is 3.14. The van der Waals surface area contributed by atoms with Gasteiger partial charge >= 0.3 is 0 Å². The van der Waals surface area contributed by atoms with Crippen molar-refractivity contribution in [2.24, 2.45) is 5.73 Å². The van der Waals surface area contributed by atoms with E-state index in [2.05, 4.69) is 15.4 Å². The van der Waals surface area contributed by atoms with Crippen LogP contribution in [-0.2, 0) is 0 Å². The summed E-state index contributed by atoms with van der Waals surface area (Å²) in [5, 5.41) is 9.04. The van der Waals surface area contributed by atoms with Crippen LogP contribution in [0.5, 0.6) is 0 Å². The van der Waals surface area contributed by atoms with E-state index in [0.29, 0.717) is 12.1 Å². The third kappa shape index (κ3) is 1.84. The molecule has 0 radical (unpaired) electrons. The standard InChI is InChI=1S/C9H5F3N4O/c10-4-1-3(2-5(11)6(4)12)7-8(9(13)17)15-16-14-7/h1-2H,(H2,13,17)(H,14,15,16). The van der Waals surface area contributed by atoms with Gasteiger partial charge in [0.05, 0.1) is 0 Å². The number of rotatable bonds is 2. The van der Waals surface area contributed by atoms with Crippen LogP contribution in [0.2, 0.25) is 0 Å². The second kappa shape index (κ2) is 3.89. The molecular formula is C9H5F3N4O. The Kier molecular flexibility index (Phi) is 2.54. The van der Waals surface area contributed by atoms with E-state index in [0.717, 1.165) is 0 Å². The van der Waals surface area contributed by atoms with E-state index in [-0.39, 0.29) is 17.0 Å². The molecule has 8 heteroatoms. The number of nitrogens with zero attached hydrogens (tertiary/aromatic N) is 2. The summed E-state index contributed by atoms with van der Waals surface area (Å²) in [6.07, 6.45) is 0. The molecule has 0 saturated carbocycles. The zero-order valence-electron chi connectivity index (χ0n) is 8.17. The van der Waals surface area contributed by atoms with Crippen molar-refractivity contribution >= 4 is 5.91 Å². The molecule has 1 aromatic carbocycles. The van der Waals surface area contributed by atoms with Gasteiger partial charge in [0.15, 0.2) is 23.1 Å². The Morgan fingerprint density at radius 2 is 1.76 bits per heavy atom. The summed E-state index contributed by atoms with van der Waals surface area (Å²) in [7, 11) is 0. The first kappa shape index (κ1) is 11.1. The number of carbonyl (C=O) groups excluding carboxylic acids is 1. The predicted octanol–water partition coefficient (Wildman–Crippen LogP) is 0.988. The van der Waals surface area contributed by atoms with Gasteiger partial charge in [0, 0.05) is 5.56 Å². The fraction of sp³-hybridized carbons (Fsp3) is 0. The lowest BCUT2D eigenvalue weighted by atomic mass is 10.1. The van der Waals surface area contributed by atoms with Crippen LogP contribution in [0.15, 0.2) is 12.1 Å².